The molecule has 2 aromatic rings. The Balaban J connectivity index is 2.27. The molecular weight excluding hydrogens is 278 g/mol. The van der Waals surface area contributed by atoms with Crippen LogP contribution in [0.1, 0.15) is 48.5 Å². The molecule has 0 radical (unpaired) electrons. The Morgan fingerprint density at radius 3 is 2.36 bits per heavy atom. The molecule has 0 aliphatic carbocycles. The number of hydrogen-bond acceptors (Lipinski definition) is 4. The van der Waals surface area contributed by atoms with Crippen LogP contribution in [0.15, 0.2) is 35.3 Å². The lowest BCUT2D eigenvalue weighted by molar-refractivity contribution is 0.0532. The fourth-order valence-electron chi connectivity index (χ4n) is 2.07. The van der Waals surface area contributed by atoms with Gasteiger partial charge in [0.2, 0.25) is 11.8 Å². The van der Waals surface area contributed by atoms with Gasteiger partial charge >= 0.3 is 0 Å². The van der Waals surface area contributed by atoms with Crippen molar-refractivity contribution in [1.82, 2.24) is 15.1 Å². The number of hydrogen-bond donors (Lipinski definition) is 0. The van der Waals surface area contributed by atoms with Gasteiger partial charge in [-0.15, -0.1) is 10.2 Å². The van der Waals surface area contributed by atoms with E-state index >= 15 is 0 Å². The zero-order valence-corrected chi connectivity index (χ0v) is 13.5. The lowest BCUT2D eigenvalue weighted by Crippen LogP contribution is -2.45. The van der Waals surface area contributed by atoms with Gasteiger partial charge < -0.3 is 9.32 Å². The number of nitrogens with zero attached hydrogens (tertiary/aromatic N) is 3. The molecule has 2 rings (SSSR count). The largest absolute Gasteiger partial charge is 0.424 e. The monoisotopic (exact) mass is 299 g/mol. The molecule has 0 spiro atoms. The summed E-state index contributed by atoms with van der Waals surface area (Å²) < 4.78 is 5.40. The van der Waals surface area contributed by atoms with Crippen LogP contribution in [0.5, 0.6) is 0 Å². The lowest BCUT2D eigenvalue weighted by Gasteiger charge is -2.34. The van der Waals surface area contributed by atoms with E-state index in [0.29, 0.717) is 17.3 Å². The molecule has 0 saturated carbocycles. The first kappa shape index (κ1) is 15.9. The Morgan fingerprint density at radius 2 is 1.91 bits per heavy atom. The third-order valence-electron chi connectivity index (χ3n) is 3.31. The van der Waals surface area contributed by atoms with Crippen molar-refractivity contribution in [2.45, 2.75) is 39.8 Å². The third kappa shape index (κ3) is 3.61. The van der Waals surface area contributed by atoms with Crippen molar-refractivity contribution < 1.29 is 9.21 Å². The van der Waals surface area contributed by atoms with Crippen LogP contribution in [0.2, 0.25) is 0 Å². The van der Waals surface area contributed by atoms with Crippen LogP contribution in [-0.4, -0.2) is 26.5 Å². The number of carbonyl (C=O) groups is 1. The highest BCUT2D eigenvalue weighted by Gasteiger charge is 2.29. The predicted octanol–water partition coefficient (Wildman–Crippen LogP) is 3.46. The van der Waals surface area contributed by atoms with Crippen LogP contribution in [0, 0.1) is 6.92 Å². The second-order valence-electron chi connectivity index (χ2n) is 6.10. The Bertz CT molecular complexity index is 666. The molecule has 0 unspecified atom stereocenters. The van der Waals surface area contributed by atoms with Gasteiger partial charge in [0.15, 0.2) is 0 Å². The molecule has 1 heterocycles. The first-order valence-electron chi connectivity index (χ1n) is 7.14. The van der Waals surface area contributed by atoms with Crippen molar-refractivity contribution in [3.63, 3.8) is 0 Å². The Hall–Kier alpha value is -2.43. The maximum absolute atomic E-state index is 12.8. The standard InChI is InChI=1S/C17H21N3O2/c1-6-13-7-9-14(10-8-13)16(21)20(17(3,4)5)11-15-19-18-12(2)22-15/h6-10H,1,11H2,2-5H3. The number of aryl methyl sites for hydroxylation is 1. The van der Waals surface area contributed by atoms with Gasteiger partial charge in [0, 0.05) is 18.0 Å². The Labute approximate surface area is 130 Å². The number of aromatic nitrogens is 2. The summed E-state index contributed by atoms with van der Waals surface area (Å²) in [5.74, 6) is 0.856. The average molecular weight is 299 g/mol. The van der Waals surface area contributed by atoms with Crippen LogP contribution in [0.4, 0.5) is 0 Å². The van der Waals surface area contributed by atoms with Crippen LogP contribution in [0.3, 0.4) is 0 Å². The molecule has 1 aromatic carbocycles. The predicted molar refractivity (Wildman–Crippen MR) is 85.2 cm³/mol. The van der Waals surface area contributed by atoms with Gasteiger partial charge in [-0.1, -0.05) is 24.8 Å². The van der Waals surface area contributed by atoms with Crippen LogP contribution >= 0.6 is 0 Å². The van der Waals surface area contributed by atoms with Crippen molar-refractivity contribution in [3.8, 4) is 0 Å². The van der Waals surface area contributed by atoms with Gasteiger partial charge in [-0.25, -0.2) is 0 Å². The van der Waals surface area contributed by atoms with Crippen LogP contribution in [-0.2, 0) is 6.54 Å². The molecule has 0 bridgehead atoms. The van der Waals surface area contributed by atoms with E-state index in [1.54, 1.807) is 30.0 Å². The summed E-state index contributed by atoms with van der Waals surface area (Å²) in [6.45, 7) is 11.7. The van der Waals surface area contributed by atoms with E-state index < -0.39 is 0 Å². The summed E-state index contributed by atoms with van der Waals surface area (Å²) in [4.78, 5) is 14.5. The summed E-state index contributed by atoms with van der Waals surface area (Å²) in [6, 6.07) is 7.35. The SMILES string of the molecule is C=Cc1ccc(C(=O)N(Cc2nnc(C)o2)C(C)(C)C)cc1. The second-order valence-corrected chi connectivity index (χ2v) is 6.10. The normalized spacial score (nSPS) is 11.3. The smallest absolute Gasteiger partial charge is 0.254 e. The highest BCUT2D eigenvalue weighted by atomic mass is 16.4. The summed E-state index contributed by atoms with van der Waals surface area (Å²) in [6.07, 6.45) is 1.75. The molecule has 0 aliphatic heterocycles. The third-order valence-corrected chi connectivity index (χ3v) is 3.31. The first-order chi connectivity index (χ1) is 10.3. The minimum atomic E-state index is -0.365. The number of benzene rings is 1. The van der Waals surface area contributed by atoms with E-state index in [1.165, 1.54) is 0 Å². The molecule has 0 atom stereocenters. The zero-order chi connectivity index (χ0) is 16.3. The minimum absolute atomic E-state index is 0.0704. The zero-order valence-electron chi connectivity index (χ0n) is 13.5. The van der Waals surface area contributed by atoms with Gasteiger partial charge in [0.1, 0.15) is 0 Å². The molecule has 22 heavy (non-hydrogen) atoms. The van der Waals surface area contributed by atoms with Crippen LogP contribution < -0.4 is 0 Å². The first-order valence-corrected chi connectivity index (χ1v) is 7.14. The van der Waals surface area contributed by atoms with Crippen molar-refractivity contribution in [2.24, 2.45) is 0 Å². The minimum Gasteiger partial charge on any atom is -0.424 e. The van der Waals surface area contributed by atoms with Gasteiger partial charge in [0.05, 0.1) is 6.54 Å². The maximum Gasteiger partial charge on any atom is 0.254 e. The van der Waals surface area contributed by atoms with Crippen molar-refractivity contribution in [2.75, 3.05) is 0 Å². The maximum atomic E-state index is 12.8. The highest BCUT2D eigenvalue weighted by molar-refractivity contribution is 5.94. The number of amides is 1. The van der Waals surface area contributed by atoms with E-state index in [0.717, 1.165) is 5.56 Å². The van der Waals surface area contributed by atoms with E-state index in [1.807, 2.05) is 32.9 Å². The van der Waals surface area contributed by atoms with E-state index in [4.69, 9.17) is 4.42 Å². The summed E-state index contributed by atoms with van der Waals surface area (Å²) in [5.41, 5.74) is 1.24. The molecule has 0 fully saturated rings. The van der Waals surface area contributed by atoms with E-state index in [-0.39, 0.29) is 18.0 Å². The second kappa shape index (κ2) is 6.13. The Kier molecular flexibility index (Phi) is 4.45. The van der Waals surface area contributed by atoms with Gasteiger partial charge in [-0.2, -0.15) is 0 Å². The van der Waals surface area contributed by atoms with Gasteiger partial charge in [-0.3, -0.25) is 4.79 Å². The molecule has 116 valence electrons. The average Bonchev–Trinajstić information content (AvgIpc) is 2.88. The fraction of sp³-hybridized carbons (Fsp3) is 0.353. The highest BCUT2D eigenvalue weighted by Crippen LogP contribution is 2.20. The number of carbonyl (C=O) groups excluding carboxylic acids is 1. The summed E-state index contributed by atoms with van der Waals surface area (Å²) in [7, 11) is 0. The number of rotatable bonds is 4. The fourth-order valence-corrected chi connectivity index (χ4v) is 2.07. The molecule has 1 aromatic heterocycles. The molecule has 0 saturated heterocycles. The van der Waals surface area contributed by atoms with E-state index in [9.17, 15) is 4.79 Å². The van der Waals surface area contributed by atoms with Crippen molar-refractivity contribution in [3.05, 3.63) is 53.8 Å². The van der Waals surface area contributed by atoms with E-state index in [2.05, 4.69) is 16.8 Å². The molecule has 1 amide bonds. The van der Waals surface area contributed by atoms with Crippen LogP contribution in [0.25, 0.3) is 6.08 Å². The quantitative estimate of drug-likeness (QED) is 0.867. The summed E-state index contributed by atoms with van der Waals surface area (Å²) >= 11 is 0. The molecule has 5 heteroatoms. The molecule has 0 N–H and O–H groups in total. The molecule has 0 aliphatic rings. The summed E-state index contributed by atoms with van der Waals surface area (Å²) in [5, 5.41) is 7.79. The van der Waals surface area contributed by atoms with Crippen molar-refractivity contribution in [1.29, 1.82) is 0 Å². The Morgan fingerprint density at radius 1 is 1.27 bits per heavy atom. The topological polar surface area (TPSA) is 59.2 Å². The lowest BCUT2D eigenvalue weighted by atomic mass is 10.0. The molecular formula is C17H21N3O2. The van der Waals surface area contributed by atoms with Crippen molar-refractivity contribution >= 4 is 12.0 Å². The van der Waals surface area contributed by atoms with Gasteiger partial charge in [-0.05, 0) is 38.5 Å². The molecule has 5 nitrogen and oxygen atoms in total. The van der Waals surface area contributed by atoms with Gasteiger partial charge in [0.25, 0.3) is 5.91 Å².